The van der Waals surface area contributed by atoms with Gasteiger partial charge in [-0.15, -0.1) is 0 Å². The summed E-state index contributed by atoms with van der Waals surface area (Å²) in [5.74, 6) is -0.159. The molecular formula is C16H19FN2O. The van der Waals surface area contributed by atoms with E-state index in [0.29, 0.717) is 6.54 Å². The van der Waals surface area contributed by atoms with Crippen molar-refractivity contribution >= 4 is 5.69 Å². The average molecular weight is 274 g/mol. The van der Waals surface area contributed by atoms with Gasteiger partial charge in [-0.05, 0) is 30.2 Å². The predicted molar refractivity (Wildman–Crippen MR) is 79.5 cm³/mol. The molecular weight excluding hydrogens is 255 g/mol. The van der Waals surface area contributed by atoms with Crippen LogP contribution >= 0.6 is 0 Å². The fraction of sp³-hybridized carbons (Fsp3) is 0.250. The van der Waals surface area contributed by atoms with Gasteiger partial charge in [-0.2, -0.15) is 0 Å². The minimum Gasteiger partial charge on any atom is -0.494 e. The number of halogens is 1. The summed E-state index contributed by atoms with van der Waals surface area (Å²) >= 11 is 0. The van der Waals surface area contributed by atoms with Crippen molar-refractivity contribution in [3.63, 3.8) is 0 Å². The molecule has 3 nitrogen and oxygen atoms in total. The van der Waals surface area contributed by atoms with Gasteiger partial charge in [0.2, 0.25) is 0 Å². The molecule has 0 aliphatic carbocycles. The number of benzene rings is 2. The molecule has 20 heavy (non-hydrogen) atoms. The summed E-state index contributed by atoms with van der Waals surface area (Å²) in [5.41, 5.74) is 8.94. The molecule has 0 aliphatic rings. The van der Waals surface area contributed by atoms with E-state index >= 15 is 0 Å². The zero-order valence-electron chi connectivity index (χ0n) is 11.7. The Morgan fingerprint density at radius 1 is 1.25 bits per heavy atom. The second-order valence-electron chi connectivity index (χ2n) is 4.64. The topological polar surface area (TPSA) is 47.3 Å². The number of nitrogens with one attached hydrogen (secondary N) is 1. The monoisotopic (exact) mass is 274 g/mol. The first-order valence-corrected chi connectivity index (χ1v) is 6.51. The zero-order chi connectivity index (χ0) is 14.5. The van der Waals surface area contributed by atoms with Crippen LogP contribution in [0, 0.1) is 12.7 Å². The van der Waals surface area contributed by atoms with Crippen molar-refractivity contribution in [2.24, 2.45) is 5.73 Å². The number of ether oxygens (including phenoxy) is 1. The molecule has 0 bridgehead atoms. The zero-order valence-corrected chi connectivity index (χ0v) is 11.7. The number of methoxy groups -OCH3 is 1. The van der Waals surface area contributed by atoms with Gasteiger partial charge >= 0.3 is 0 Å². The highest BCUT2D eigenvalue weighted by Gasteiger charge is 2.12. The normalized spacial score (nSPS) is 12.0. The number of hydrogen-bond acceptors (Lipinski definition) is 3. The van der Waals surface area contributed by atoms with E-state index in [9.17, 15) is 4.39 Å². The maximum atomic E-state index is 13.4. The summed E-state index contributed by atoms with van der Waals surface area (Å²) in [6.07, 6.45) is 0. The van der Waals surface area contributed by atoms with Crippen LogP contribution in [-0.2, 0) is 0 Å². The molecule has 0 saturated heterocycles. The molecule has 2 aromatic rings. The fourth-order valence-electron chi connectivity index (χ4n) is 2.19. The van der Waals surface area contributed by atoms with Crippen molar-refractivity contribution in [3.8, 4) is 5.75 Å². The second kappa shape index (κ2) is 6.39. The fourth-order valence-corrected chi connectivity index (χ4v) is 2.19. The third-order valence-electron chi connectivity index (χ3n) is 3.29. The summed E-state index contributed by atoms with van der Waals surface area (Å²) in [6, 6.07) is 12.7. The first-order chi connectivity index (χ1) is 9.65. The smallest absolute Gasteiger partial charge is 0.165 e. The van der Waals surface area contributed by atoms with E-state index in [2.05, 4.69) is 5.32 Å². The van der Waals surface area contributed by atoms with Crippen LogP contribution in [-0.4, -0.2) is 13.7 Å². The van der Waals surface area contributed by atoms with Crippen LogP contribution in [0.5, 0.6) is 5.75 Å². The Kier molecular flexibility index (Phi) is 4.58. The van der Waals surface area contributed by atoms with Gasteiger partial charge in [0, 0.05) is 18.3 Å². The van der Waals surface area contributed by atoms with Crippen molar-refractivity contribution in [3.05, 3.63) is 59.4 Å². The molecule has 0 spiro atoms. The van der Waals surface area contributed by atoms with Gasteiger partial charge in [0.15, 0.2) is 11.6 Å². The van der Waals surface area contributed by atoms with E-state index in [1.807, 2.05) is 31.2 Å². The minimum absolute atomic E-state index is 0.0219. The maximum Gasteiger partial charge on any atom is 0.165 e. The van der Waals surface area contributed by atoms with Gasteiger partial charge in [-0.25, -0.2) is 4.39 Å². The van der Waals surface area contributed by atoms with Gasteiger partial charge in [0.25, 0.3) is 0 Å². The summed E-state index contributed by atoms with van der Waals surface area (Å²) in [6.45, 7) is 2.50. The molecule has 0 radical (unpaired) electrons. The van der Waals surface area contributed by atoms with Crippen LogP contribution in [0.1, 0.15) is 17.2 Å². The lowest BCUT2D eigenvalue weighted by molar-refractivity contribution is 0.386. The quantitative estimate of drug-likeness (QED) is 0.879. The number of anilines is 1. The van der Waals surface area contributed by atoms with Gasteiger partial charge in [0.05, 0.1) is 13.2 Å². The van der Waals surface area contributed by atoms with Crippen molar-refractivity contribution in [1.29, 1.82) is 0 Å². The highest BCUT2D eigenvalue weighted by Crippen LogP contribution is 2.26. The molecule has 1 unspecified atom stereocenters. The molecule has 106 valence electrons. The van der Waals surface area contributed by atoms with Crippen LogP contribution in [0.15, 0.2) is 42.5 Å². The maximum absolute atomic E-state index is 13.4. The first kappa shape index (κ1) is 14.3. The van der Waals surface area contributed by atoms with Crippen molar-refractivity contribution in [1.82, 2.24) is 0 Å². The lowest BCUT2D eigenvalue weighted by atomic mass is 10.0. The van der Waals surface area contributed by atoms with E-state index in [-0.39, 0.29) is 17.6 Å². The Morgan fingerprint density at radius 3 is 2.65 bits per heavy atom. The summed E-state index contributed by atoms with van der Waals surface area (Å²) in [7, 11) is 1.45. The van der Waals surface area contributed by atoms with Gasteiger partial charge in [-0.3, -0.25) is 0 Å². The van der Waals surface area contributed by atoms with Gasteiger partial charge in [-0.1, -0.05) is 24.3 Å². The van der Waals surface area contributed by atoms with Crippen LogP contribution in [0.3, 0.4) is 0 Å². The molecule has 4 heteroatoms. The Hall–Kier alpha value is -2.07. The number of nitrogens with two attached hydrogens (primary N) is 1. The third kappa shape index (κ3) is 3.08. The molecule has 1 atom stereocenters. The standard InChI is InChI=1S/C16H19FN2O/c1-11-5-3-4-6-13(11)15(10-18)19-12-7-8-14(17)16(9-12)20-2/h3-9,15,19H,10,18H2,1-2H3. The van der Waals surface area contributed by atoms with E-state index in [0.717, 1.165) is 11.3 Å². The van der Waals surface area contributed by atoms with Crippen LogP contribution in [0.4, 0.5) is 10.1 Å². The molecule has 0 saturated carbocycles. The Bertz CT molecular complexity index is 586. The van der Waals surface area contributed by atoms with Crippen molar-refractivity contribution in [2.45, 2.75) is 13.0 Å². The third-order valence-corrected chi connectivity index (χ3v) is 3.29. The first-order valence-electron chi connectivity index (χ1n) is 6.51. The van der Waals surface area contributed by atoms with Gasteiger partial charge < -0.3 is 15.8 Å². The molecule has 3 N–H and O–H groups in total. The average Bonchev–Trinajstić information content (AvgIpc) is 2.47. The number of hydrogen-bond donors (Lipinski definition) is 2. The van der Waals surface area contributed by atoms with E-state index < -0.39 is 0 Å². The highest BCUT2D eigenvalue weighted by atomic mass is 19.1. The molecule has 2 aromatic carbocycles. The molecule has 2 rings (SSSR count). The minimum atomic E-state index is -0.377. The van der Waals surface area contributed by atoms with Crippen LogP contribution in [0.2, 0.25) is 0 Å². The SMILES string of the molecule is COc1cc(NC(CN)c2ccccc2C)ccc1F. The Morgan fingerprint density at radius 2 is 2.00 bits per heavy atom. The number of aryl methyl sites for hydroxylation is 1. The molecule has 0 fully saturated rings. The molecule has 0 aliphatic heterocycles. The molecule has 0 aromatic heterocycles. The Labute approximate surface area is 118 Å². The predicted octanol–water partition coefficient (Wildman–Crippen LogP) is 3.25. The lowest BCUT2D eigenvalue weighted by Crippen LogP contribution is -2.21. The Balaban J connectivity index is 2.25. The molecule has 0 amide bonds. The lowest BCUT2D eigenvalue weighted by Gasteiger charge is -2.21. The van der Waals surface area contributed by atoms with Gasteiger partial charge in [0.1, 0.15) is 0 Å². The van der Waals surface area contributed by atoms with Crippen molar-refractivity contribution < 1.29 is 9.13 Å². The van der Waals surface area contributed by atoms with E-state index in [1.54, 1.807) is 12.1 Å². The largest absolute Gasteiger partial charge is 0.494 e. The van der Waals surface area contributed by atoms with E-state index in [1.165, 1.54) is 18.7 Å². The van der Waals surface area contributed by atoms with Crippen molar-refractivity contribution in [2.75, 3.05) is 19.0 Å². The highest BCUT2D eigenvalue weighted by molar-refractivity contribution is 5.51. The summed E-state index contributed by atoms with van der Waals surface area (Å²) in [5, 5.41) is 3.32. The van der Waals surface area contributed by atoms with Crippen LogP contribution < -0.4 is 15.8 Å². The molecule has 0 heterocycles. The second-order valence-corrected chi connectivity index (χ2v) is 4.64. The van der Waals surface area contributed by atoms with Crippen LogP contribution in [0.25, 0.3) is 0 Å². The summed E-state index contributed by atoms with van der Waals surface area (Å²) < 4.78 is 18.4. The number of rotatable bonds is 5. The summed E-state index contributed by atoms with van der Waals surface area (Å²) in [4.78, 5) is 0. The van der Waals surface area contributed by atoms with E-state index in [4.69, 9.17) is 10.5 Å².